The van der Waals surface area contributed by atoms with Crippen molar-refractivity contribution in [2.45, 2.75) is 25.8 Å². The molecule has 1 unspecified atom stereocenters. The summed E-state index contributed by atoms with van der Waals surface area (Å²) in [5.74, 6) is 0.584. The topological polar surface area (TPSA) is 49.6 Å². The maximum absolute atomic E-state index is 11.6. The van der Waals surface area contributed by atoms with Crippen molar-refractivity contribution >= 4 is 6.03 Å². The number of likely N-dealkylation sites (tertiary alicyclic amines) is 1. The summed E-state index contributed by atoms with van der Waals surface area (Å²) in [4.78, 5) is 15.1. The van der Waals surface area contributed by atoms with Gasteiger partial charge in [0, 0.05) is 33.2 Å². The first-order valence-electron chi connectivity index (χ1n) is 5.24. The van der Waals surface area contributed by atoms with Gasteiger partial charge in [0.15, 0.2) is 0 Å². The van der Waals surface area contributed by atoms with E-state index < -0.39 is 0 Å². The molecule has 4 heteroatoms. The van der Waals surface area contributed by atoms with Gasteiger partial charge in [0.1, 0.15) is 0 Å². The Morgan fingerprint density at radius 3 is 2.29 bits per heavy atom. The normalized spacial score (nSPS) is 20.7. The van der Waals surface area contributed by atoms with Gasteiger partial charge in [-0.2, -0.15) is 0 Å². The summed E-state index contributed by atoms with van der Waals surface area (Å²) >= 11 is 0. The fraction of sp³-hybridized carbons (Fsp3) is 0.900. The van der Waals surface area contributed by atoms with Gasteiger partial charge in [-0.3, -0.25) is 0 Å². The molecule has 1 atom stereocenters. The molecule has 0 spiro atoms. The molecule has 14 heavy (non-hydrogen) atoms. The summed E-state index contributed by atoms with van der Waals surface area (Å²) in [6.07, 6.45) is 2.08. The first-order chi connectivity index (χ1) is 6.52. The second kappa shape index (κ2) is 4.64. The van der Waals surface area contributed by atoms with Crippen molar-refractivity contribution in [3.63, 3.8) is 0 Å². The molecule has 0 radical (unpaired) electrons. The summed E-state index contributed by atoms with van der Waals surface area (Å²) in [7, 11) is 3.58. The van der Waals surface area contributed by atoms with Crippen LogP contribution in [0.3, 0.4) is 0 Å². The average Bonchev–Trinajstić information content (AvgIpc) is 2.16. The molecule has 0 aromatic carbocycles. The Labute approximate surface area is 86.0 Å². The number of carbonyl (C=O) groups is 1. The van der Waals surface area contributed by atoms with Crippen LogP contribution in [0.5, 0.6) is 0 Å². The SMILES string of the molecule is CC(N)C1CCN(C(=O)N(C)C)CC1. The van der Waals surface area contributed by atoms with Crippen molar-refractivity contribution in [1.82, 2.24) is 9.80 Å². The van der Waals surface area contributed by atoms with Gasteiger partial charge < -0.3 is 15.5 Å². The van der Waals surface area contributed by atoms with Crippen LogP contribution in [0.25, 0.3) is 0 Å². The number of amides is 2. The highest BCUT2D eigenvalue weighted by atomic mass is 16.2. The minimum absolute atomic E-state index is 0.119. The highest BCUT2D eigenvalue weighted by molar-refractivity contribution is 5.73. The first kappa shape index (κ1) is 11.3. The Balaban J connectivity index is 2.39. The van der Waals surface area contributed by atoms with Crippen LogP contribution in [0.15, 0.2) is 0 Å². The highest BCUT2D eigenvalue weighted by Gasteiger charge is 2.25. The van der Waals surface area contributed by atoms with Gasteiger partial charge in [-0.1, -0.05) is 0 Å². The monoisotopic (exact) mass is 199 g/mol. The van der Waals surface area contributed by atoms with Crippen molar-refractivity contribution in [2.75, 3.05) is 27.2 Å². The van der Waals surface area contributed by atoms with Crippen molar-refractivity contribution < 1.29 is 4.79 Å². The van der Waals surface area contributed by atoms with Crippen molar-refractivity contribution in [2.24, 2.45) is 11.7 Å². The predicted molar refractivity (Wildman–Crippen MR) is 57.0 cm³/mol. The Kier molecular flexibility index (Phi) is 3.75. The summed E-state index contributed by atoms with van der Waals surface area (Å²) in [6, 6.07) is 0.375. The lowest BCUT2D eigenvalue weighted by atomic mass is 9.91. The Morgan fingerprint density at radius 2 is 1.93 bits per heavy atom. The maximum Gasteiger partial charge on any atom is 0.319 e. The van der Waals surface area contributed by atoms with Crippen molar-refractivity contribution in [3.05, 3.63) is 0 Å². The summed E-state index contributed by atoms with van der Waals surface area (Å²) in [6.45, 7) is 3.75. The molecule has 1 saturated heterocycles. The predicted octanol–water partition coefficient (Wildman–Crippen LogP) is 0.727. The molecule has 1 heterocycles. The Hall–Kier alpha value is -0.770. The fourth-order valence-corrected chi connectivity index (χ4v) is 1.90. The van der Waals surface area contributed by atoms with E-state index in [0.717, 1.165) is 25.9 Å². The molecule has 1 fully saturated rings. The lowest BCUT2D eigenvalue weighted by molar-refractivity contribution is 0.143. The van der Waals surface area contributed by atoms with Gasteiger partial charge in [-0.05, 0) is 25.7 Å². The van der Waals surface area contributed by atoms with E-state index in [2.05, 4.69) is 0 Å². The smallest absolute Gasteiger partial charge is 0.319 e. The molecule has 2 N–H and O–H groups in total. The van der Waals surface area contributed by atoms with Crippen LogP contribution in [0.1, 0.15) is 19.8 Å². The van der Waals surface area contributed by atoms with E-state index in [1.807, 2.05) is 11.8 Å². The number of hydrogen-bond acceptors (Lipinski definition) is 2. The van der Waals surface area contributed by atoms with Crippen LogP contribution in [-0.2, 0) is 0 Å². The molecule has 0 aliphatic carbocycles. The molecule has 1 aliphatic rings. The van der Waals surface area contributed by atoms with E-state index in [1.165, 1.54) is 0 Å². The third-order valence-corrected chi connectivity index (χ3v) is 2.94. The highest BCUT2D eigenvalue weighted by Crippen LogP contribution is 2.19. The Bertz CT molecular complexity index is 196. The standard InChI is InChI=1S/C10H21N3O/c1-8(11)9-4-6-13(7-5-9)10(14)12(2)3/h8-9H,4-7,11H2,1-3H3. The molecule has 0 saturated carbocycles. The third kappa shape index (κ3) is 2.61. The molecule has 82 valence electrons. The number of nitrogens with two attached hydrogens (primary N) is 1. The molecule has 1 aliphatic heterocycles. The second-order valence-electron chi connectivity index (χ2n) is 4.36. The van der Waals surface area contributed by atoms with Crippen LogP contribution in [-0.4, -0.2) is 49.1 Å². The summed E-state index contributed by atoms with van der Waals surface area (Å²) < 4.78 is 0. The van der Waals surface area contributed by atoms with Gasteiger partial charge >= 0.3 is 6.03 Å². The van der Waals surface area contributed by atoms with Gasteiger partial charge in [0.05, 0.1) is 0 Å². The lowest BCUT2D eigenvalue weighted by Crippen LogP contribution is -2.46. The van der Waals surface area contributed by atoms with E-state index in [1.54, 1.807) is 19.0 Å². The van der Waals surface area contributed by atoms with Crippen LogP contribution in [0.2, 0.25) is 0 Å². The number of hydrogen-bond donors (Lipinski definition) is 1. The fourth-order valence-electron chi connectivity index (χ4n) is 1.90. The second-order valence-corrected chi connectivity index (χ2v) is 4.36. The molecule has 0 aromatic heterocycles. The van der Waals surface area contributed by atoms with E-state index in [4.69, 9.17) is 5.73 Å². The molecular formula is C10H21N3O. The largest absolute Gasteiger partial charge is 0.331 e. The number of nitrogens with zero attached hydrogens (tertiary/aromatic N) is 2. The Morgan fingerprint density at radius 1 is 1.43 bits per heavy atom. The van der Waals surface area contributed by atoms with Crippen LogP contribution in [0.4, 0.5) is 4.79 Å². The summed E-state index contributed by atoms with van der Waals surface area (Å²) in [5, 5.41) is 0. The minimum atomic E-state index is 0.119. The van der Waals surface area contributed by atoms with E-state index in [0.29, 0.717) is 5.92 Å². The zero-order valence-electron chi connectivity index (χ0n) is 9.36. The first-order valence-corrected chi connectivity index (χ1v) is 5.24. The van der Waals surface area contributed by atoms with E-state index in [-0.39, 0.29) is 12.1 Å². The quantitative estimate of drug-likeness (QED) is 0.676. The number of rotatable bonds is 1. The minimum Gasteiger partial charge on any atom is -0.331 e. The number of urea groups is 1. The average molecular weight is 199 g/mol. The van der Waals surface area contributed by atoms with Crippen molar-refractivity contribution in [3.8, 4) is 0 Å². The lowest BCUT2D eigenvalue weighted by Gasteiger charge is -2.35. The molecule has 0 bridgehead atoms. The van der Waals surface area contributed by atoms with Crippen molar-refractivity contribution in [1.29, 1.82) is 0 Å². The third-order valence-electron chi connectivity index (χ3n) is 2.94. The van der Waals surface area contributed by atoms with Crippen LogP contribution in [0, 0.1) is 5.92 Å². The number of carbonyl (C=O) groups excluding carboxylic acids is 1. The molecule has 4 nitrogen and oxygen atoms in total. The zero-order valence-corrected chi connectivity index (χ0v) is 9.36. The molecule has 2 amide bonds. The maximum atomic E-state index is 11.6. The van der Waals surface area contributed by atoms with Gasteiger partial charge in [-0.15, -0.1) is 0 Å². The molecule has 1 rings (SSSR count). The van der Waals surface area contributed by atoms with Gasteiger partial charge in [0.25, 0.3) is 0 Å². The molecule has 0 aromatic rings. The number of piperidine rings is 1. The van der Waals surface area contributed by atoms with Gasteiger partial charge in [0.2, 0.25) is 0 Å². The molecular weight excluding hydrogens is 178 g/mol. The van der Waals surface area contributed by atoms with Gasteiger partial charge in [-0.25, -0.2) is 4.79 Å². The van der Waals surface area contributed by atoms with Crippen LogP contribution >= 0.6 is 0 Å². The van der Waals surface area contributed by atoms with E-state index >= 15 is 0 Å². The zero-order chi connectivity index (χ0) is 10.7. The van der Waals surface area contributed by atoms with E-state index in [9.17, 15) is 4.79 Å². The summed E-state index contributed by atoms with van der Waals surface area (Å²) in [5.41, 5.74) is 5.83. The van der Waals surface area contributed by atoms with Crippen LogP contribution < -0.4 is 5.73 Å².